The summed E-state index contributed by atoms with van der Waals surface area (Å²) in [7, 11) is 0. The number of hydrogen-bond donors (Lipinski definition) is 1. The molecule has 1 aliphatic carbocycles. The average molecular weight is 450 g/mol. The van der Waals surface area contributed by atoms with Crippen LogP contribution >= 0.6 is 11.6 Å². The zero-order chi connectivity index (χ0) is 22.6. The molecular weight excluding hydrogens is 421 g/mol. The highest BCUT2D eigenvalue weighted by molar-refractivity contribution is 6.30. The smallest absolute Gasteiger partial charge is 0.230 e. The van der Waals surface area contributed by atoms with E-state index in [1.807, 2.05) is 48.5 Å². The second-order valence-electron chi connectivity index (χ2n) is 8.88. The fourth-order valence-electron chi connectivity index (χ4n) is 5.05. The number of rotatable bonds is 7. The molecule has 166 valence electrons. The topological polar surface area (TPSA) is 29.1 Å². The number of hydrogen-bond acceptors (Lipinski definition) is 1. The highest BCUT2D eigenvalue weighted by atomic mass is 35.5. The van der Waals surface area contributed by atoms with Crippen LogP contribution in [0.25, 0.3) is 0 Å². The Balaban J connectivity index is 1.60. The summed E-state index contributed by atoms with van der Waals surface area (Å²) < 4.78 is 14.7. The fourth-order valence-corrected chi connectivity index (χ4v) is 5.18. The van der Waals surface area contributed by atoms with Crippen molar-refractivity contribution < 1.29 is 9.18 Å². The van der Waals surface area contributed by atoms with E-state index in [4.69, 9.17) is 11.6 Å². The van der Waals surface area contributed by atoms with Gasteiger partial charge >= 0.3 is 0 Å². The Hall–Kier alpha value is -2.65. The highest BCUT2D eigenvalue weighted by Crippen LogP contribution is 2.42. The molecule has 0 radical (unpaired) electrons. The van der Waals surface area contributed by atoms with E-state index in [2.05, 4.69) is 24.4 Å². The van der Waals surface area contributed by atoms with Gasteiger partial charge in [0, 0.05) is 22.5 Å². The van der Waals surface area contributed by atoms with Crippen molar-refractivity contribution in [1.82, 2.24) is 5.32 Å². The van der Waals surface area contributed by atoms with Gasteiger partial charge in [-0.25, -0.2) is 4.39 Å². The van der Waals surface area contributed by atoms with Crippen LogP contribution < -0.4 is 5.32 Å². The zero-order valence-electron chi connectivity index (χ0n) is 18.4. The van der Waals surface area contributed by atoms with Crippen LogP contribution in [0.1, 0.15) is 55.2 Å². The lowest BCUT2D eigenvalue weighted by Gasteiger charge is -2.33. The Kier molecular flexibility index (Phi) is 6.95. The summed E-state index contributed by atoms with van der Waals surface area (Å²) in [5.74, 6) is -0.275. The second-order valence-corrected chi connectivity index (χ2v) is 9.32. The molecule has 1 saturated carbocycles. The van der Waals surface area contributed by atoms with E-state index in [0.717, 1.165) is 24.8 Å². The Morgan fingerprint density at radius 1 is 0.969 bits per heavy atom. The van der Waals surface area contributed by atoms with Crippen LogP contribution in [0, 0.1) is 5.82 Å². The number of amides is 1. The molecular formula is C28H29ClFNO. The molecule has 1 N–H and O–H groups in total. The van der Waals surface area contributed by atoms with Crippen molar-refractivity contribution in [3.63, 3.8) is 0 Å². The molecule has 0 saturated heterocycles. The molecule has 4 heteroatoms. The van der Waals surface area contributed by atoms with Crippen molar-refractivity contribution in [2.75, 3.05) is 0 Å². The van der Waals surface area contributed by atoms with Gasteiger partial charge < -0.3 is 5.32 Å². The van der Waals surface area contributed by atoms with E-state index < -0.39 is 5.41 Å². The first-order valence-corrected chi connectivity index (χ1v) is 11.7. The molecule has 3 aromatic rings. The Morgan fingerprint density at radius 3 is 2.25 bits per heavy atom. The van der Waals surface area contributed by atoms with E-state index in [0.29, 0.717) is 23.4 Å². The summed E-state index contributed by atoms with van der Waals surface area (Å²) in [4.78, 5) is 13.7. The molecule has 2 nitrogen and oxygen atoms in total. The lowest BCUT2D eigenvalue weighted by molar-refractivity contribution is -0.127. The van der Waals surface area contributed by atoms with Crippen LogP contribution in [-0.2, 0) is 16.6 Å². The maximum Gasteiger partial charge on any atom is 0.230 e. The second kappa shape index (κ2) is 9.87. The van der Waals surface area contributed by atoms with Crippen molar-refractivity contribution in [3.8, 4) is 0 Å². The molecule has 0 heterocycles. The molecule has 1 fully saturated rings. The minimum absolute atomic E-state index is 0.0652. The Morgan fingerprint density at radius 2 is 1.59 bits per heavy atom. The monoisotopic (exact) mass is 449 g/mol. The lowest BCUT2D eigenvalue weighted by Crippen LogP contribution is -2.48. The molecule has 32 heavy (non-hydrogen) atoms. The van der Waals surface area contributed by atoms with Gasteiger partial charge in [-0.3, -0.25) is 4.79 Å². The quantitative estimate of drug-likeness (QED) is 0.421. The number of carbonyl (C=O) groups is 1. The van der Waals surface area contributed by atoms with Gasteiger partial charge in [-0.2, -0.15) is 0 Å². The Labute approximate surface area is 194 Å². The van der Waals surface area contributed by atoms with Gasteiger partial charge in [0.2, 0.25) is 5.91 Å². The third-order valence-corrected chi connectivity index (χ3v) is 7.09. The lowest BCUT2D eigenvalue weighted by atomic mass is 9.77. The summed E-state index contributed by atoms with van der Waals surface area (Å²) in [6, 6.07) is 24.7. The van der Waals surface area contributed by atoms with Crippen LogP contribution in [0.15, 0.2) is 78.9 Å². The molecule has 3 aromatic carbocycles. The Bertz CT molecular complexity index is 1040. The molecule has 1 amide bonds. The minimum Gasteiger partial charge on any atom is -0.352 e. The molecule has 0 aliphatic heterocycles. The van der Waals surface area contributed by atoms with Gasteiger partial charge in [0.1, 0.15) is 5.82 Å². The SMILES string of the molecule is CC(NC(=O)C1(c2ccccc2F)CCCC1)C(Cc1ccc(Cl)cc1)c1ccccc1. The normalized spacial score (nSPS) is 17.0. The number of halogens is 2. The third kappa shape index (κ3) is 4.73. The van der Waals surface area contributed by atoms with Crippen LogP contribution in [0.4, 0.5) is 4.39 Å². The van der Waals surface area contributed by atoms with Crippen LogP contribution in [0.5, 0.6) is 0 Å². The van der Waals surface area contributed by atoms with Crippen molar-refractivity contribution >= 4 is 17.5 Å². The number of carbonyl (C=O) groups excluding carboxylic acids is 1. The summed E-state index contributed by atoms with van der Waals surface area (Å²) >= 11 is 6.07. The van der Waals surface area contributed by atoms with Gasteiger partial charge in [-0.1, -0.05) is 85.1 Å². The van der Waals surface area contributed by atoms with Crippen molar-refractivity contribution in [2.24, 2.45) is 0 Å². The van der Waals surface area contributed by atoms with E-state index in [-0.39, 0.29) is 23.7 Å². The third-order valence-electron chi connectivity index (χ3n) is 6.84. The first kappa shape index (κ1) is 22.5. The van der Waals surface area contributed by atoms with E-state index in [1.165, 1.54) is 11.6 Å². The summed E-state index contributed by atoms with van der Waals surface area (Å²) in [6.07, 6.45) is 4.00. The first-order valence-electron chi connectivity index (χ1n) is 11.3. The average Bonchev–Trinajstić information content (AvgIpc) is 3.30. The van der Waals surface area contributed by atoms with Crippen molar-refractivity contribution in [1.29, 1.82) is 0 Å². The predicted molar refractivity (Wildman–Crippen MR) is 128 cm³/mol. The van der Waals surface area contributed by atoms with Gasteiger partial charge in [0.25, 0.3) is 0 Å². The first-order chi connectivity index (χ1) is 15.5. The highest BCUT2D eigenvalue weighted by Gasteiger charge is 2.45. The minimum atomic E-state index is -0.791. The zero-order valence-corrected chi connectivity index (χ0v) is 19.1. The van der Waals surface area contributed by atoms with E-state index in [9.17, 15) is 9.18 Å². The van der Waals surface area contributed by atoms with Crippen LogP contribution in [0.2, 0.25) is 5.02 Å². The molecule has 4 rings (SSSR count). The molecule has 0 bridgehead atoms. The number of nitrogens with one attached hydrogen (secondary N) is 1. The maximum atomic E-state index is 14.7. The van der Waals surface area contributed by atoms with Crippen molar-refractivity contribution in [3.05, 3.63) is 106 Å². The number of benzene rings is 3. The molecule has 0 spiro atoms. The molecule has 1 aliphatic rings. The van der Waals surface area contributed by atoms with E-state index in [1.54, 1.807) is 12.1 Å². The van der Waals surface area contributed by atoms with Gasteiger partial charge in [0.05, 0.1) is 5.41 Å². The standard InChI is InChI=1S/C28H29ClFNO/c1-20(24(22-9-3-2-4-10-22)19-21-13-15-23(29)16-14-21)31-27(32)28(17-7-8-18-28)25-11-5-6-12-26(25)30/h2-6,9-16,20,24H,7-8,17-19H2,1H3,(H,31,32). The van der Waals surface area contributed by atoms with E-state index >= 15 is 0 Å². The van der Waals surface area contributed by atoms with Crippen molar-refractivity contribution in [2.45, 2.75) is 56.4 Å². The summed E-state index contributed by atoms with van der Waals surface area (Å²) in [5, 5.41) is 3.99. The summed E-state index contributed by atoms with van der Waals surface area (Å²) in [5.41, 5.74) is 2.06. The van der Waals surface area contributed by atoms with Crippen LogP contribution in [-0.4, -0.2) is 11.9 Å². The maximum absolute atomic E-state index is 14.7. The largest absolute Gasteiger partial charge is 0.352 e. The molecule has 2 atom stereocenters. The van der Waals surface area contributed by atoms with Gasteiger partial charge in [-0.15, -0.1) is 0 Å². The summed E-state index contributed by atoms with van der Waals surface area (Å²) in [6.45, 7) is 2.05. The van der Waals surface area contributed by atoms with Gasteiger partial charge in [-0.05, 0) is 55.5 Å². The van der Waals surface area contributed by atoms with Crippen LogP contribution in [0.3, 0.4) is 0 Å². The van der Waals surface area contributed by atoms with Gasteiger partial charge in [0.15, 0.2) is 0 Å². The molecule has 2 unspecified atom stereocenters. The molecule has 0 aromatic heterocycles. The predicted octanol–water partition coefficient (Wildman–Crippen LogP) is 6.82. The fraction of sp³-hybridized carbons (Fsp3) is 0.321.